The summed E-state index contributed by atoms with van der Waals surface area (Å²) in [6.07, 6.45) is -9.22. The van der Waals surface area contributed by atoms with Crippen LogP contribution in [0.2, 0.25) is 5.02 Å². The molecule has 1 aromatic heterocycles. The molecule has 11 heteroatoms. The number of halogens is 9. The van der Waals surface area contributed by atoms with Gasteiger partial charge in [0.2, 0.25) is 0 Å². The second-order valence-corrected chi connectivity index (χ2v) is 9.88. The number of rotatable bonds is 6. The standard InChI is InChI=1S/C30H19ClF8N2/c31-22-11-9-20(26(33)15-22)16-41-28(23-5-2-6-24(27(23)40-41)30(37,38)39)19-4-1-3-17(13-19)7-8-18-14-21(29(34,35)36)10-12-25(18)32/h1-6,9-15H,7-8,16H2. The van der Waals surface area contributed by atoms with Crippen molar-refractivity contribution >= 4 is 22.5 Å². The Balaban J connectivity index is 1.56. The van der Waals surface area contributed by atoms with Crippen LogP contribution in [-0.2, 0) is 31.7 Å². The third-order valence-corrected chi connectivity index (χ3v) is 6.90. The Labute approximate surface area is 233 Å². The van der Waals surface area contributed by atoms with Crippen LogP contribution in [0, 0.1) is 11.6 Å². The smallest absolute Gasteiger partial charge is 0.259 e. The lowest BCUT2D eigenvalue weighted by Gasteiger charge is -2.12. The average Bonchev–Trinajstić information content (AvgIpc) is 3.26. The van der Waals surface area contributed by atoms with Crippen molar-refractivity contribution in [1.29, 1.82) is 0 Å². The van der Waals surface area contributed by atoms with E-state index in [2.05, 4.69) is 5.10 Å². The van der Waals surface area contributed by atoms with Gasteiger partial charge >= 0.3 is 12.4 Å². The number of fused-ring (bicyclic) bond motifs is 1. The first-order chi connectivity index (χ1) is 19.3. The summed E-state index contributed by atoms with van der Waals surface area (Å²) in [4.78, 5) is 0. The van der Waals surface area contributed by atoms with Gasteiger partial charge in [-0.05, 0) is 66.4 Å². The van der Waals surface area contributed by atoms with E-state index in [0.717, 1.165) is 24.3 Å². The monoisotopic (exact) mass is 594 g/mol. The summed E-state index contributed by atoms with van der Waals surface area (Å²) in [5, 5.41) is 4.55. The van der Waals surface area contributed by atoms with Gasteiger partial charge in [-0.15, -0.1) is 0 Å². The predicted molar refractivity (Wildman–Crippen MR) is 139 cm³/mol. The van der Waals surface area contributed by atoms with Crippen molar-refractivity contribution in [3.8, 4) is 11.3 Å². The van der Waals surface area contributed by atoms with Gasteiger partial charge in [-0.3, -0.25) is 4.68 Å². The highest BCUT2D eigenvalue weighted by Crippen LogP contribution is 2.38. The molecular weight excluding hydrogens is 576 g/mol. The van der Waals surface area contributed by atoms with E-state index in [9.17, 15) is 35.1 Å². The van der Waals surface area contributed by atoms with Crippen LogP contribution in [0.4, 0.5) is 35.1 Å². The Kier molecular flexibility index (Phi) is 7.54. The molecule has 0 spiro atoms. The molecule has 2 nitrogen and oxygen atoms in total. The summed E-state index contributed by atoms with van der Waals surface area (Å²) in [7, 11) is 0. The van der Waals surface area contributed by atoms with Crippen LogP contribution in [0.5, 0.6) is 0 Å². The summed E-state index contributed by atoms with van der Waals surface area (Å²) in [5.41, 5.74) is -0.876. The zero-order chi connectivity index (χ0) is 29.5. The number of hydrogen-bond acceptors (Lipinski definition) is 1. The van der Waals surface area contributed by atoms with Gasteiger partial charge in [0.25, 0.3) is 0 Å². The van der Waals surface area contributed by atoms with Crippen LogP contribution in [0.25, 0.3) is 22.2 Å². The van der Waals surface area contributed by atoms with Crippen molar-refractivity contribution in [3.05, 3.63) is 123 Å². The first kappa shape index (κ1) is 28.6. The lowest BCUT2D eigenvalue weighted by molar-refractivity contribution is -0.138. The fourth-order valence-corrected chi connectivity index (χ4v) is 4.87. The molecular formula is C30H19ClF8N2. The zero-order valence-electron chi connectivity index (χ0n) is 20.9. The molecule has 1 heterocycles. The predicted octanol–water partition coefficient (Wildman–Crippen LogP) is 9.51. The van der Waals surface area contributed by atoms with E-state index in [1.54, 1.807) is 24.3 Å². The molecule has 0 amide bonds. The van der Waals surface area contributed by atoms with Crippen LogP contribution in [-0.4, -0.2) is 9.78 Å². The summed E-state index contributed by atoms with van der Waals surface area (Å²) < 4.78 is 111. The van der Waals surface area contributed by atoms with Gasteiger partial charge in [-0.25, -0.2) is 8.78 Å². The molecule has 41 heavy (non-hydrogen) atoms. The number of alkyl halides is 6. The highest BCUT2D eigenvalue weighted by atomic mass is 35.5. The summed E-state index contributed by atoms with van der Waals surface area (Å²) in [6.45, 7) is -0.204. The highest BCUT2D eigenvalue weighted by molar-refractivity contribution is 6.30. The molecule has 0 aliphatic rings. The zero-order valence-corrected chi connectivity index (χ0v) is 21.7. The van der Waals surface area contributed by atoms with Gasteiger partial charge in [0.15, 0.2) is 0 Å². The lowest BCUT2D eigenvalue weighted by atomic mass is 9.98. The van der Waals surface area contributed by atoms with Crippen LogP contribution in [0.15, 0.2) is 78.9 Å². The van der Waals surface area contributed by atoms with E-state index < -0.39 is 35.1 Å². The van der Waals surface area contributed by atoms with E-state index in [1.807, 2.05) is 0 Å². The minimum atomic E-state index is -4.70. The maximum absolute atomic E-state index is 14.6. The topological polar surface area (TPSA) is 17.8 Å². The van der Waals surface area contributed by atoms with E-state index in [1.165, 1.54) is 28.9 Å². The third kappa shape index (κ3) is 6.07. The Morgan fingerprint density at radius 2 is 1.46 bits per heavy atom. The normalized spacial score (nSPS) is 12.3. The van der Waals surface area contributed by atoms with Gasteiger partial charge in [0.1, 0.15) is 17.2 Å². The maximum Gasteiger partial charge on any atom is 0.418 e. The Bertz CT molecular complexity index is 1740. The first-order valence-electron chi connectivity index (χ1n) is 12.3. The molecule has 0 N–H and O–H groups in total. The molecule has 0 aliphatic heterocycles. The summed E-state index contributed by atoms with van der Waals surface area (Å²) >= 11 is 5.85. The number of aryl methyl sites for hydroxylation is 2. The quantitative estimate of drug-likeness (QED) is 0.179. The van der Waals surface area contributed by atoms with E-state index in [0.29, 0.717) is 17.2 Å². The van der Waals surface area contributed by atoms with Gasteiger partial charge in [-0.1, -0.05) is 48.0 Å². The van der Waals surface area contributed by atoms with Crippen molar-refractivity contribution < 1.29 is 35.1 Å². The second kappa shape index (κ2) is 10.8. The van der Waals surface area contributed by atoms with Crippen LogP contribution in [0.1, 0.15) is 27.8 Å². The van der Waals surface area contributed by atoms with Crippen LogP contribution < -0.4 is 0 Å². The molecule has 5 aromatic rings. The van der Waals surface area contributed by atoms with Crippen molar-refractivity contribution in [2.24, 2.45) is 0 Å². The van der Waals surface area contributed by atoms with Gasteiger partial charge < -0.3 is 0 Å². The Hall–Kier alpha value is -3.92. The van der Waals surface area contributed by atoms with Crippen molar-refractivity contribution in [2.45, 2.75) is 31.7 Å². The third-order valence-electron chi connectivity index (χ3n) is 6.67. The van der Waals surface area contributed by atoms with E-state index in [-0.39, 0.29) is 52.1 Å². The van der Waals surface area contributed by atoms with Gasteiger partial charge in [0.05, 0.1) is 23.4 Å². The molecule has 0 aliphatic carbocycles. The lowest BCUT2D eigenvalue weighted by Crippen LogP contribution is -2.07. The number of benzene rings is 4. The average molecular weight is 595 g/mol. The van der Waals surface area contributed by atoms with E-state index in [4.69, 9.17) is 11.6 Å². The van der Waals surface area contributed by atoms with Crippen LogP contribution in [0.3, 0.4) is 0 Å². The SMILES string of the molecule is Fc1ccc(C(F)(F)F)cc1CCc1cccc(-c2c3cccc(C(F)(F)F)c3nn2Cc2ccc(Cl)cc2F)c1. The minimum Gasteiger partial charge on any atom is -0.259 e. The number of aromatic nitrogens is 2. The molecule has 5 rings (SSSR count). The molecule has 0 saturated heterocycles. The number of hydrogen-bond donors (Lipinski definition) is 0. The van der Waals surface area contributed by atoms with Crippen molar-refractivity contribution in [3.63, 3.8) is 0 Å². The van der Waals surface area contributed by atoms with Gasteiger partial charge in [-0.2, -0.15) is 31.4 Å². The molecule has 0 unspecified atom stereocenters. The molecule has 0 atom stereocenters. The molecule has 212 valence electrons. The maximum atomic E-state index is 14.6. The Morgan fingerprint density at radius 3 is 2.17 bits per heavy atom. The summed E-state index contributed by atoms with van der Waals surface area (Å²) in [6, 6.07) is 16.4. The van der Waals surface area contributed by atoms with Crippen LogP contribution >= 0.6 is 11.6 Å². The van der Waals surface area contributed by atoms with Gasteiger partial charge in [0, 0.05) is 21.5 Å². The molecule has 4 aromatic carbocycles. The minimum absolute atomic E-state index is 0.0482. The second-order valence-electron chi connectivity index (χ2n) is 9.45. The van der Waals surface area contributed by atoms with Crippen molar-refractivity contribution in [2.75, 3.05) is 0 Å². The first-order valence-corrected chi connectivity index (χ1v) is 12.6. The fourth-order valence-electron chi connectivity index (χ4n) is 4.71. The summed E-state index contributed by atoms with van der Waals surface area (Å²) in [5.74, 6) is -1.43. The molecule has 0 radical (unpaired) electrons. The molecule has 0 fully saturated rings. The highest BCUT2D eigenvalue weighted by Gasteiger charge is 2.35. The number of nitrogens with zero attached hydrogens (tertiary/aromatic N) is 2. The van der Waals surface area contributed by atoms with Crippen molar-refractivity contribution in [1.82, 2.24) is 9.78 Å². The fraction of sp³-hybridized carbons (Fsp3) is 0.167. The molecule has 0 saturated carbocycles. The molecule has 0 bridgehead atoms. The van der Waals surface area contributed by atoms with E-state index >= 15 is 0 Å². The largest absolute Gasteiger partial charge is 0.418 e. The Morgan fingerprint density at radius 1 is 0.707 bits per heavy atom.